The number of hydrogen-bond acceptors (Lipinski definition) is 4. The van der Waals surface area contributed by atoms with Crippen molar-refractivity contribution in [2.45, 2.75) is 6.54 Å². The van der Waals surface area contributed by atoms with Crippen LogP contribution in [-0.2, 0) is 11.3 Å². The van der Waals surface area contributed by atoms with Crippen LogP contribution in [0.1, 0.15) is 11.3 Å². The van der Waals surface area contributed by atoms with E-state index in [-0.39, 0.29) is 16.7 Å². The summed E-state index contributed by atoms with van der Waals surface area (Å²) in [7, 11) is 0. The molecule has 0 atom stereocenters. The van der Waals surface area contributed by atoms with E-state index in [0.717, 1.165) is 22.2 Å². The summed E-state index contributed by atoms with van der Waals surface area (Å²) in [6, 6.07) is 15.7. The number of hydrogen-bond donors (Lipinski definition) is 0. The van der Waals surface area contributed by atoms with Gasteiger partial charge in [0.2, 0.25) is 0 Å². The minimum absolute atomic E-state index is 0.0705. The molecule has 2 heterocycles. The molecular weight excluding hydrogens is 453 g/mol. The van der Waals surface area contributed by atoms with E-state index in [1.807, 2.05) is 18.2 Å². The van der Waals surface area contributed by atoms with Crippen LogP contribution in [0, 0.1) is 0 Å². The van der Waals surface area contributed by atoms with Crippen LogP contribution in [0.5, 0.6) is 0 Å². The molecule has 2 aromatic carbocycles. The van der Waals surface area contributed by atoms with Gasteiger partial charge in [0, 0.05) is 21.7 Å². The second-order valence-corrected chi connectivity index (χ2v) is 8.43. The average molecular weight is 465 g/mol. The summed E-state index contributed by atoms with van der Waals surface area (Å²) in [5.74, 6) is 0.630. The van der Waals surface area contributed by atoms with Crippen LogP contribution in [0.2, 0.25) is 15.1 Å². The van der Waals surface area contributed by atoms with Gasteiger partial charge in [0.25, 0.3) is 11.1 Å². The largest absolute Gasteiger partial charge is 0.457 e. The summed E-state index contributed by atoms with van der Waals surface area (Å²) < 4.78 is 5.79. The molecule has 1 aromatic heterocycles. The number of halogens is 3. The van der Waals surface area contributed by atoms with Gasteiger partial charge in [0.1, 0.15) is 11.5 Å². The molecule has 1 aliphatic rings. The first-order chi connectivity index (χ1) is 13.9. The van der Waals surface area contributed by atoms with Crippen LogP contribution in [0.4, 0.5) is 4.79 Å². The quantitative estimate of drug-likeness (QED) is 0.385. The van der Waals surface area contributed by atoms with Gasteiger partial charge in [-0.05, 0) is 53.7 Å². The third kappa shape index (κ3) is 4.23. The van der Waals surface area contributed by atoms with Gasteiger partial charge < -0.3 is 4.42 Å². The molecule has 0 radical (unpaired) electrons. The van der Waals surface area contributed by atoms with E-state index in [0.29, 0.717) is 32.2 Å². The second-order valence-electron chi connectivity index (χ2n) is 6.19. The predicted molar refractivity (Wildman–Crippen MR) is 117 cm³/mol. The number of carbonyl (C=O) groups is 2. The molecule has 4 nitrogen and oxygen atoms in total. The monoisotopic (exact) mass is 463 g/mol. The molecule has 3 aromatic rings. The summed E-state index contributed by atoms with van der Waals surface area (Å²) in [6.45, 7) is 0.0705. The third-order valence-electron chi connectivity index (χ3n) is 4.26. The fraction of sp³-hybridized carbons (Fsp3) is 0.0476. The van der Waals surface area contributed by atoms with Gasteiger partial charge in [0.15, 0.2) is 0 Å². The molecular formula is C21H12Cl3NO3S. The van der Waals surface area contributed by atoms with E-state index < -0.39 is 5.91 Å². The fourth-order valence-corrected chi connectivity index (χ4v) is 4.34. The fourth-order valence-electron chi connectivity index (χ4n) is 2.82. The molecule has 2 amide bonds. The Morgan fingerprint density at radius 2 is 1.76 bits per heavy atom. The molecule has 0 spiro atoms. The molecule has 1 fully saturated rings. The summed E-state index contributed by atoms with van der Waals surface area (Å²) in [4.78, 5) is 26.5. The SMILES string of the molecule is O=C1S/C(=C\c2ccc(-c3ccccc3Cl)o2)C(=O)N1Cc1ccc(Cl)cc1Cl. The number of benzene rings is 2. The Bertz CT molecular complexity index is 1160. The second kappa shape index (κ2) is 8.28. The van der Waals surface area contributed by atoms with Crippen molar-refractivity contribution >= 4 is 63.8 Å². The molecule has 0 saturated carbocycles. The molecule has 0 N–H and O–H groups in total. The number of furan rings is 1. The number of thioether (sulfide) groups is 1. The standard InChI is InChI=1S/C21H12Cl3NO3S/c22-13-6-5-12(17(24)9-13)11-25-20(26)19(29-21(25)27)10-14-7-8-18(28-14)15-3-1-2-4-16(15)23/h1-10H,11H2/b19-10-. The Morgan fingerprint density at radius 3 is 2.52 bits per heavy atom. The first-order valence-corrected chi connectivity index (χ1v) is 10.4. The van der Waals surface area contributed by atoms with E-state index in [9.17, 15) is 9.59 Å². The molecule has 0 bridgehead atoms. The zero-order chi connectivity index (χ0) is 20.5. The summed E-state index contributed by atoms with van der Waals surface area (Å²) in [5.41, 5.74) is 1.39. The molecule has 1 aliphatic heterocycles. The van der Waals surface area contributed by atoms with E-state index in [1.165, 1.54) is 0 Å². The lowest BCUT2D eigenvalue weighted by Gasteiger charge is -2.13. The van der Waals surface area contributed by atoms with Crippen molar-refractivity contribution in [2.24, 2.45) is 0 Å². The van der Waals surface area contributed by atoms with Gasteiger partial charge in [-0.25, -0.2) is 0 Å². The Kier molecular flexibility index (Phi) is 5.74. The molecule has 4 rings (SSSR count). The van der Waals surface area contributed by atoms with Crippen molar-refractivity contribution in [1.29, 1.82) is 0 Å². The lowest BCUT2D eigenvalue weighted by atomic mass is 10.2. The predicted octanol–water partition coefficient (Wildman–Crippen LogP) is 7.14. The zero-order valence-corrected chi connectivity index (χ0v) is 17.8. The van der Waals surface area contributed by atoms with Crippen LogP contribution < -0.4 is 0 Å². The normalized spacial score (nSPS) is 15.6. The Balaban J connectivity index is 1.56. The van der Waals surface area contributed by atoms with Crippen LogP contribution in [0.25, 0.3) is 17.4 Å². The molecule has 0 unspecified atom stereocenters. The van der Waals surface area contributed by atoms with Crippen LogP contribution >= 0.6 is 46.6 Å². The number of carbonyl (C=O) groups excluding carboxylic acids is 2. The van der Waals surface area contributed by atoms with Crippen molar-refractivity contribution in [3.05, 3.63) is 85.9 Å². The van der Waals surface area contributed by atoms with Crippen LogP contribution in [0.15, 0.2) is 63.9 Å². The Morgan fingerprint density at radius 1 is 0.966 bits per heavy atom. The van der Waals surface area contributed by atoms with Gasteiger partial charge in [-0.3, -0.25) is 14.5 Å². The zero-order valence-electron chi connectivity index (χ0n) is 14.7. The molecule has 1 saturated heterocycles. The van der Waals surface area contributed by atoms with Crippen molar-refractivity contribution < 1.29 is 14.0 Å². The lowest BCUT2D eigenvalue weighted by Crippen LogP contribution is -2.27. The summed E-state index contributed by atoms with van der Waals surface area (Å²) in [5, 5.41) is 1.08. The molecule has 0 aliphatic carbocycles. The molecule has 29 heavy (non-hydrogen) atoms. The maximum Gasteiger partial charge on any atom is 0.293 e. The Labute approximate surface area is 186 Å². The van der Waals surface area contributed by atoms with E-state index in [1.54, 1.807) is 42.5 Å². The summed E-state index contributed by atoms with van der Waals surface area (Å²) >= 11 is 19.1. The van der Waals surface area contributed by atoms with E-state index >= 15 is 0 Å². The third-order valence-corrected chi connectivity index (χ3v) is 6.08. The minimum atomic E-state index is -0.401. The topological polar surface area (TPSA) is 50.5 Å². The van der Waals surface area contributed by atoms with Crippen molar-refractivity contribution in [1.82, 2.24) is 4.90 Å². The van der Waals surface area contributed by atoms with Crippen LogP contribution in [-0.4, -0.2) is 16.0 Å². The highest BCUT2D eigenvalue weighted by atomic mass is 35.5. The number of nitrogens with zero attached hydrogens (tertiary/aromatic N) is 1. The van der Waals surface area contributed by atoms with E-state index in [2.05, 4.69) is 0 Å². The first kappa shape index (κ1) is 20.1. The molecule has 146 valence electrons. The highest BCUT2D eigenvalue weighted by Gasteiger charge is 2.35. The highest BCUT2D eigenvalue weighted by Crippen LogP contribution is 2.36. The van der Waals surface area contributed by atoms with Gasteiger partial charge in [-0.2, -0.15) is 0 Å². The maximum absolute atomic E-state index is 12.7. The maximum atomic E-state index is 12.7. The molecule has 8 heteroatoms. The van der Waals surface area contributed by atoms with Crippen molar-refractivity contribution in [3.8, 4) is 11.3 Å². The highest BCUT2D eigenvalue weighted by molar-refractivity contribution is 8.18. The van der Waals surface area contributed by atoms with Gasteiger partial charge in [-0.1, -0.05) is 53.0 Å². The first-order valence-electron chi connectivity index (χ1n) is 8.46. The summed E-state index contributed by atoms with van der Waals surface area (Å²) in [6.07, 6.45) is 1.55. The van der Waals surface area contributed by atoms with Gasteiger partial charge >= 0.3 is 0 Å². The van der Waals surface area contributed by atoms with Crippen molar-refractivity contribution in [3.63, 3.8) is 0 Å². The smallest absolute Gasteiger partial charge is 0.293 e. The average Bonchev–Trinajstić information content (AvgIpc) is 3.24. The lowest BCUT2D eigenvalue weighted by molar-refractivity contribution is -0.123. The minimum Gasteiger partial charge on any atom is -0.457 e. The van der Waals surface area contributed by atoms with Crippen molar-refractivity contribution in [2.75, 3.05) is 0 Å². The van der Waals surface area contributed by atoms with Crippen LogP contribution in [0.3, 0.4) is 0 Å². The Hall–Kier alpha value is -2.18. The van der Waals surface area contributed by atoms with E-state index in [4.69, 9.17) is 39.2 Å². The number of imide groups is 1. The number of rotatable bonds is 4. The number of amides is 2. The van der Waals surface area contributed by atoms with Gasteiger partial charge in [-0.15, -0.1) is 0 Å². The van der Waals surface area contributed by atoms with Gasteiger partial charge in [0.05, 0.1) is 16.5 Å².